The van der Waals surface area contributed by atoms with Gasteiger partial charge in [-0.3, -0.25) is 9.78 Å². The van der Waals surface area contributed by atoms with Gasteiger partial charge in [-0.05, 0) is 68.3 Å². The molecule has 0 fully saturated rings. The molecule has 4 aromatic heterocycles. The summed E-state index contributed by atoms with van der Waals surface area (Å²) in [7, 11) is 0. The van der Waals surface area contributed by atoms with E-state index >= 15 is 0 Å². The van der Waals surface area contributed by atoms with Crippen molar-refractivity contribution in [1.82, 2.24) is 24.1 Å². The molecule has 0 aliphatic rings. The maximum atomic E-state index is 12.7. The van der Waals surface area contributed by atoms with E-state index in [9.17, 15) is 4.79 Å². The molecule has 0 bridgehead atoms. The van der Waals surface area contributed by atoms with Crippen molar-refractivity contribution < 1.29 is 4.79 Å². The lowest BCUT2D eigenvalue weighted by atomic mass is 10.1. The lowest BCUT2D eigenvalue weighted by Crippen LogP contribution is -2.37. The molecule has 0 aliphatic heterocycles. The third kappa shape index (κ3) is 3.17. The SMILES string of the molecule is CCN(C(=O)c1ccn(-c2ccc3ccc(-c4ccncc4)cn23)n1)C(C)C. The molecular weight excluding hydrogens is 350 g/mol. The van der Waals surface area contributed by atoms with Crippen LogP contribution in [0.2, 0.25) is 0 Å². The summed E-state index contributed by atoms with van der Waals surface area (Å²) in [5.74, 6) is 0.840. The number of nitrogens with zero attached hydrogens (tertiary/aromatic N) is 5. The molecule has 0 atom stereocenters. The van der Waals surface area contributed by atoms with Gasteiger partial charge in [0.05, 0.1) is 0 Å². The first-order valence-corrected chi connectivity index (χ1v) is 9.47. The predicted molar refractivity (Wildman–Crippen MR) is 110 cm³/mol. The van der Waals surface area contributed by atoms with E-state index in [1.54, 1.807) is 23.1 Å². The molecule has 0 N–H and O–H groups in total. The van der Waals surface area contributed by atoms with Crippen LogP contribution < -0.4 is 0 Å². The van der Waals surface area contributed by atoms with E-state index in [0.717, 1.165) is 22.5 Å². The maximum absolute atomic E-state index is 12.7. The van der Waals surface area contributed by atoms with Gasteiger partial charge in [-0.1, -0.05) is 6.07 Å². The Bertz CT molecular complexity index is 1110. The Morgan fingerprint density at radius 1 is 1.04 bits per heavy atom. The molecule has 0 aromatic carbocycles. The monoisotopic (exact) mass is 373 g/mol. The fourth-order valence-electron chi connectivity index (χ4n) is 3.44. The van der Waals surface area contributed by atoms with Crippen molar-refractivity contribution in [1.29, 1.82) is 0 Å². The zero-order valence-corrected chi connectivity index (χ0v) is 16.3. The minimum Gasteiger partial charge on any atom is -0.335 e. The molecular formula is C22H23N5O. The Morgan fingerprint density at radius 2 is 1.79 bits per heavy atom. The Kier molecular flexibility index (Phi) is 4.69. The minimum atomic E-state index is -0.0467. The second kappa shape index (κ2) is 7.31. The van der Waals surface area contributed by atoms with Gasteiger partial charge in [0, 0.05) is 42.9 Å². The number of hydrogen-bond donors (Lipinski definition) is 0. The van der Waals surface area contributed by atoms with Crippen LogP contribution in [0.25, 0.3) is 22.5 Å². The Balaban J connectivity index is 1.72. The topological polar surface area (TPSA) is 55.4 Å². The Hall–Kier alpha value is -3.41. The largest absolute Gasteiger partial charge is 0.335 e. The number of amides is 1. The number of fused-ring (bicyclic) bond motifs is 1. The fraction of sp³-hybridized carbons (Fsp3) is 0.227. The summed E-state index contributed by atoms with van der Waals surface area (Å²) < 4.78 is 3.84. The maximum Gasteiger partial charge on any atom is 0.274 e. The van der Waals surface area contributed by atoms with Crippen molar-refractivity contribution in [3.63, 3.8) is 0 Å². The van der Waals surface area contributed by atoms with Crippen LogP contribution in [-0.2, 0) is 0 Å². The summed E-state index contributed by atoms with van der Waals surface area (Å²) >= 11 is 0. The highest BCUT2D eigenvalue weighted by molar-refractivity contribution is 5.92. The molecule has 4 heterocycles. The van der Waals surface area contributed by atoms with Gasteiger partial charge < -0.3 is 9.30 Å². The molecule has 28 heavy (non-hydrogen) atoms. The van der Waals surface area contributed by atoms with Gasteiger partial charge >= 0.3 is 0 Å². The van der Waals surface area contributed by atoms with Crippen molar-refractivity contribution in [3.05, 3.63) is 72.9 Å². The summed E-state index contributed by atoms with van der Waals surface area (Å²) in [5.41, 5.74) is 3.71. The Labute approximate surface area is 164 Å². The van der Waals surface area contributed by atoms with Crippen LogP contribution in [0.5, 0.6) is 0 Å². The van der Waals surface area contributed by atoms with Crippen LogP contribution in [0.3, 0.4) is 0 Å². The van der Waals surface area contributed by atoms with E-state index in [4.69, 9.17) is 0 Å². The van der Waals surface area contributed by atoms with Gasteiger partial charge in [0.2, 0.25) is 0 Å². The predicted octanol–water partition coefficient (Wildman–Crippen LogP) is 4.06. The number of carbonyl (C=O) groups is 1. The average molecular weight is 373 g/mol. The lowest BCUT2D eigenvalue weighted by Gasteiger charge is -2.24. The number of carbonyl (C=O) groups excluding carboxylic acids is 1. The second-order valence-corrected chi connectivity index (χ2v) is 6.97. The van der Waals surface area contributed by atoms with Crippen molar-refractivity contribution in [2.45, 2.75) is 26.8 Å². The van der Waals surface area contributed by atoms with Crippen LogP contribution in [0.15, 0.2) is 67.3 Å². The summed E-state index contributed by atoms with van der Waals surface area (Å²) in [4.78, 5) is 18.6. The van der Waals surface area contributed by atoms with E-state index in [0.29, 0.717) is 12.2 Å². The zero-order chi connectivity index (χ0) is 19.7. The normalized spacial score (nSPS) is 11.3. The number of aromatic nitrogens is 4. The molecule has 6 heteroatoms. The third-order valence-electron chi connectivity index (χ3n) is 4.91. The van der Waals surface area contributed by atoms with E-state index in [1.807, 2.05) is 56.1 Å². The van der Waals surface area contributed by atoms with Crippen molar-refractivity contribution >= 4 is 11.4 Å². The molecule has 0 aliphatic carbocycles. The van der Waals surface area contributed by atoms with Gasteiger partial charge in [-0.15, -0.1) is 0 Å². The summed E-state index contributed by atoms with van der Waals surface area (Å²) in [5, 5.41) is 4.55. The van der Waals surface area contributed by atoms with Crippen molar-refractivity contribution in [3.8, 4) is 16.9 Å². The average Bonchev–Trinajstić information content (AvgIpc) is 3.35. The molecule has 0 saturated carbocycles. The van der Waals surface area contributed by atoms with Gasteiger partial charge in [-0.2, -0.15) is 5.10 Å². The standard InChI is InChI=1S/C22H23N5O/c1-4-25(16(2)3)22(28)20-11-14-27(24-20)21-8-7-19-6-5-18(15-26(19)21)17-9-12-23-13-10-17/h5-16H,4H2,1-3H3. The van der Waals surface area contributed by atoms with Gasteiger partial charge in [0.25, 0.3) is 5.91 Å². The molecule has 0 radical (unpaired) electrons. The first-order valence-electron chi connectivity index (χ1n) is 9.47. The fourth-order valence-corrected chi connectivity index (χ4v) is 3.44. The van der Waals surface area contributed by atoms with E-state index in [2.05, 4.69) is 32.8 Å². The van der Waals surface area contributed by atoms with Crippen LogP contribution in [-0.4, -0.2) is 42.6 Å². The van der Waals surface area contributed by atoms with Gasteiger partial charge in [-0.25, -0.2) is 4.68 Å². The van der Waals surface area contributed by atoms with E-state index in [-0.39, 0.29) is 11.9 Å². The first-order chi connectivity index (χ1) is 13.6. The van der Waals surface area contributed by atoms with Crippen LogP contribution in [0.1, 0.15) is 31.3 Å². The second-order valence-electron chi connectivity index (χ2n) is 6.97. The molecule has 6 nitrogen and oxygen atoms in total. The van der Waals surface area contributed by atoms with Crippen LogP contribution in [0.4, 0.5) is 0 Å². The van der Waals surface area contributed by atoms with Crippen LogP contribution in [0, 0.1) is 0 Å². The highest BCUT2D eigenvalue weighted by Gasteiger charge is 2.20. The Morgan fingerprint density at radius 3 is 2.50 bits per heavy atom. The van der Waals surface area contributed by atoms with Crippen molar-refractivity contribution in [2.24, 2.45) is 0 Å². The lowest BCUT2D eigenvalue weighted by molar-refractivity contribution is 0.0710. The third-order valence-corrected chi connectivity index (χ3v) is 4.91. The summed E-state index contributed by atoms with van der Waals surface area (Å²) in [6.07, 6.45) is 7.49. The summed E-state index contributed by atoms with van der Waals surface area (Å²) in [6.45, 7) is 6.67. The molecule has 0 spiro atoms. The molecule has 0 unspecified atom stereocenters. The highest BCUT2D eigenvalue weighted by Crippen LogP contribution is 2.22. The summed E-state index contributed by atoms with van der Waals surface area (Å²) in [6, 6.07) is 14.1. The van der Waals surface area contributed by atoms with Crippen LogP contribution >= 0.6 is 0 Å². The van der Waals surface area contributed by atoms with Gasteiger partial charge in [0.1, 0.15) is 5.82 Å². The minimum absolute atomic E-state index is 0.0467. The molecule has 142 valence electrons. The number of rotatable bonds is 5. The van der Waals surface area contributed by atoms with Gasteiger partial charge in [0.15, 0.2) is 5.69 Å². The first kappa shape index (κ1) is 18.0. The quantitative estimate of drug-likeness (QED) is 0.530. The van der Waals surface area contributed by atoms with E-state index < -0.39 is 0 Å². The zero-order valence-electron chi connectivity index (χ0n) is 16.3. The molecule has 4 aromatic rings. The molecule has 4 rings (SSSR count). The van der Waals surface area contributed by atoms with Crippen molar-refractivity contribution in [2.75, 3.05) is 6.54 Å². The molecule has 0 saturated heterocycles. The number of pyridine rings is 2. The smallest absolute Gasteiger partial charge is 0.274 e. The number of hydrogen-bond acceptors (Lipinski definition) is 3. The molecule has 1 amide bonds. The highest BCUT2D eigenvalue weighted by atomic mass is 16.2. The van der Waals surface area contributed by atoms with E-state index in [1.165, 1.54) is 0 Å².